The highest BCUT2D eigenvalue weighted by atomic mass is 19.4. The molecular weight excluding hydrogens is 487 g/mol. The Balaban J connectivity index is 0.000000479. The first-order valence-corrected chi connectivity index (χ1v) is 12.0. The van der Waals surface area contributed by atoms with Gasteiger partial charge in [-0.15, -0.1) is 0 Å². The zero-order valence-corrected chi connectivity index (χ0v) is 20.2. The number of aryl methyl sites for hydroxylation is 1. The minimum atomic E-state index is -5.08. The van der Waals surface area contributed by atoms with Crippen LogP contribution in [-0.2, 0) is 33.9 Å². The van der Waals surface area contributed by atoms with Crippen molar-refractivity contribution in [2.45, 2.75) is 57.0 Å². The van der Waals surface area contributed by atoms with E-state index in [4.69, 9.17) is 9.90 Å². The van der Waals surface area contributed by atoms with Gasteiger partial charge < -0.3 is 20.6 Å². The monoisotopic (exact) mass is 517 g/mol. The summed E-state index contributed by atoms with van der Waals surface area (Å²) in [6, 6.07) is 18.1. The lowest BCUT2D eigenvalue weighted by Gasteiger charge is -2.19. The minimum Gasteiger partial charge on any atom is -0.475 e. The van der Waals surface area contributed by atoms with Crippen molar-refractivity contribution in [1.82, 2.24) is 15.5 Å². The third-order valence-electron chi connectivity index (χ3n) is 6.16. The van der Waals surface area contributed by atoms with E-state index in [9.17, 15) is 22.8 Å². The second kappa shape index (κ2) is 13.0. The van der Waals surface area contributed by atoms with Gasteiger partial charge in [0.2, 0.25) is 11.8 Å². The molecule has 0 saturated carbocycles. The van der Waals surface area contributed by atoms with Gasteiger partial charge in [0.05, 0.1) is 6.04 Å². The number of hydrogen-bond donors (Lipinski definition) is 3. The number of amides is 2. The largest absolute Gasteiger partial charge is 0.490 e. The van der Waals surface area contributed by atoms with E-state index in [0.29, 0.717) is 13.1 Å². The van der Waals surface area contributed by atoms with Gasteiger partial charge in [0.15, 0.2) is 0 Å². The van der Waals surface area contributed by atoms with Crippen LogP contribution in [0.2, 0.25) is 0 Å². The molecule has 0 aliphatic carbocycles. The van der Waals surface area contributed by atoms with Gasteiger partial charge in [-0.2, -0.15) is 13.2 Å². The molecule has 37 heavy (non-hydrogen) atoms. The fourth-order valence-electron chi connectivity index (χ4n) is 4.17. The molecule has 2 atom stereocenters. The molecule has 2 aliphatic rings. The number of fused-ring (bicyclic) bond motifs is 1. The number of hydrogen-bond acceptors (Lipinski definition) is 4. The second-order valence-electron chi connectivity index (χ2n) is 8.91. The molecule has 2 aromatic rings. The predicted molar refractivity (Wildman–Crippen MR) is 131 cm³/mol. The van der Waals surface area contributed by atoms with Gasteiger partial charge in [-0.25, -0.2) is 4.79 Å². The number of carboxylic acid groups (broad SMARTS) is 1. The third kappa shape index (κ3) is 8.75. The van der Waals surface area contributed by atoms with Crippen molar-refractivity contribution < 1.29 is 32.7 Å². The first-order valence-electron chi connectivity index (χ1n) is 12.0. The number of aliphatic carboxylic acids is 1. The fourth-order valence-corrected chi connectivity index (χ4v) is 4.17. The fraction of sp³-hybridized carbons (Fsp3) is 0.370. The van der Waals surface area contributed by atoms with E-state index in [0.717, 1.165) is 32.2 Å². The Bertz CT molecular complexity index is 1070. The lowest BCUT2D eigenvalue weighted by atomic mass is 10.0. The van der Waals surface area contributed by atoms with Crippen LogP contribution >= 0.6 is 0 Å². The first-order chi connectivity index (χ1) is 17.6. The molecule has 1 saturated heterocycles. The number of alkyl halides is 3. The SMILES string of the molecule is O=C(N[C@H](/C=C/C(=O)N1Cc2ccccc2C1)CCc1ccccc1)[C@@H]1CCCN1.O=C(O)C(F)(F)F. The number of benzene rings is 2. The highest BCUT2D eigenvalue weighted by Crippen LogP contribution is 2.22. The van der Waals surface area contributed by atoms with Crippen molar-refractivity contribution in [3.63, 3.8) is 0 Å². The summed E-state index contributed by atoms with van der Waals surface area (Å²) in [6.07, 6.45) is 1.90. The van der Waals surface area contributed by atoms with Crippen LogP contribution in [0.25, 0.3) is 0 Å². The third-order valence-corrected chi connectivity index (χ3v) is 6.16. The van der Waals surface area contributed by atoms with Crippen LogP contribution in [0.5, 0.6) is 0 Å². The molecule has 1 fully saturated rings. The number of rotatable bonds is 7. The predicted octanol–water partition coefficient (Wildman–Crippen LogP) is 3.59. The molecule has 2 heterocycles. The molecule has 0 unspecified atom stereocenters. The number of carbonyl (C=O) groups is 3. The van der Waals surface area contributed by atoms with E-state index >= 15 is 0 Å². The summed E-state index contributed by atoms with van der Waals surface area (Å²) in [5.74, 6) is -2.74. The maximum Gasteiger partial charge on any atom is 0.490 e. The summed E-state index contributed by atoms with van der Waals surface area (Å²) in [5, 5.41) is 13.5. The van der Waals surface area contributed by atoms with Crippen molar-refractivity contribution in [2.75, 3.05) is 6.54 Å². The van der Waals surface area contributed by atoms with Gasteiger partial charge in [-0.3, -0.25) is 9.59 Å². The number of nitrogens with one attached hydrogen (secondary N) is 2. The van der Waals surface area contributed by atoms with E-state index < -0.39 is 12.1 Å². The van der Waals surface area contributed by atoms with Crippen LogP contribution in [0.1, 0.15) is 36.0 Å². The molecule has 0 radical (unpaired) electrons. The Hall–Kier alpha value is -3.66. The quantitative estimate of drug-likeness (QED) is 0.488. The van der Waals surface area contributed by atoms with Crippen LogP contribution < -0.4 is 10.6 Å². The smallest absolute Gasteiger partial charge is 0.475 e. The average molecular weight is 518 g/mol. The van der Waals surface area contributed by atoms with Gasteiger partial charge >= 0.3 is 12.1 Å². The van der Waals surface area contributed by atoms with Gasteiger partial charge in [-0.05, 0) is 48.9 Å². The zero-order valence-electron chi connectivity index (χ0n) is 20.2. The molecule has 0 aromatic heterocycles. The van der Waals surface area contributed by atoms with Crippen LogP contribution in [0, 0.1) is 0 Å². The summed E-state index contributed by atoms with van der Waals surface area (Å²) in [6.45, 7) is 2.18. The highest BCUT2D eigenvalue weighted by molar-refractivity contribution is 5.88. The standard InChI is InChI=1S/C25H29N3O2.C2HF3O2/c29-24(28-17-20-9-4-5-10-21(20)18-28)15-14-22(13-12-19-7-2-1-3-8-19)27-25(30)23-11-6-16-26-23;3-2(4,5)1(6)7/h1-5,7-10,14-15,22-23,26H,6,11-13,16-18H2,(H,27,30);(H,6,7)/b15-14+;/t22-,23-;/m0./s1. The second-order valence-corrected chi connectivity index (χ2v) is 8.91. The van der Waals surface area contributed by atoms with Crippen LogP contribution in [-0.4, -0.2) is 52.6 Å². The molecule has 2 aliphatic heterocycles. The maximum atomic E-state index is 12.7. The average Bonchev–Trinajstić information content (AvgIpc) is 3.56. The van der Waals surface area contributed by atoms with E-state index in [1.807, 2.05) is 41.3 Å². The summed E-state index contributed by atoms with van der Waals surface area (Å²) < 4.78 is 31.7. The molecule has 2 aromatic carbocycles. The van der Waals surface area contributed by atoms with Gasteiger partial charge in [0.1, 0.15) is 0 Å². The Kier molecular flexibility index (Phi) is 9.85. The lowest BCUT2D eigenvalue weighted by molar-refractivity contribution is -0.192. The van der Waals surface area contributed by atoms with Gasteiger partial charge in [0.25, 0.3) is 0 Å². The Labute approximate surface area is 213 Å². The van der Waals surface area contributed by atoms with Crippen LogP contribution in [0.3, 0.4) is 0 Å². The topological polar surface area (TPSA) is 98.7 Å². The Morgan fingerprint density at radius 1 is 1.05 bits per heavy atom. The van der Waals surface area contributed by atoms with Crippen molar-refractivity contribution in [2.24, 2.45) is 0 Å². The number of nitrogens with zero attached hydrogens (tertiary/aromatic N) is 1. The maximum absolute atomic E-state index is 12.7. The highest BCUT2D eigenvalue weighted by Gasteiger charge is 2.38. The van der Waals surface area contributed by atoms with E-state index in [2.05, 4.69) is 34.9 Å². The molecule has 3 N–H and O–H groups in total. The number of halogens is 3. The molecule has 0 spiro atoms. The first kappa shape index (κ1) is 27.9. The normalized spacial score (nSPS) is 17.6. The van der Waals surface area contributed by atoms with Crippen molar-refractivity contribution >= 4 is 17.8 Å². The van der Waals surface area contributed by atoms with E-state index in [1.165, 1.54) is 16.7 Å². The van der Waals surface area contributed by atoms with Crippen molar-refractivity contribution in [3.8, 4) is 0 Å². The molecule has 2 amide bonds. The molecule has 0 bridgehead atoms. The van der Waals surface area contributed by atoms with Gasteiger partial charge in [-0.1, -0.05) is 60.7 Å². The number of carbonyl (C=O) groups excluding carboxylic acids is 2. The minimum absolute atomic E-state index is 0.0100. The summed E-state index contributed by atoms with van der Waals surface area (Å²) in [7, 11) is 0. The molecule has 10 heteroatoms. The Morgan fingerprint density at radius 2 is 1.65 bits per heavy atom. The van der Waals surface area contributed by atoms with Gasteiger partial charge in [0, 0.05) is 25.2 Å². The zero-order chi connectivity index (χ0) is 26.8. The number of carboxylic acids is 1. The van der Waals surface area contributed by atoms with Crippen molar-refractivity contribution in [1.29, 1.82) is 0 Å². The summed E-state index contributed by atoms with van der Waals surface area (Å²) in [4.78, 5) is 36.1. The summed E-state index contributed by atoms with van der Waals surface area (Å²) >= 11 is 0. The molecule has 198 valence electrons. The Morgan fingerprint density at radius 3 is 2.19 bits per heavy atom. The lowest BCUT2D eigenvalue weighted by Crippen LogP contribution is -2.44. The molecular formula is C27H30F3N3O4. The van der Waals surface area contributed by atoms with Crippen molar-refractivity contribution in [3.05, 3.63) is 83.4 Å². The van der Waals surface area contributed by atoms with E-state index in [1.54, 1.807) is 6.08 Å². The molecule has 7 nitrogen and oxygen atoms in total. The van der Waals surface area contributed by atoms with E-state index in [-0.39, 0.29) is 23.9 Å². The summed E-state index contributed by atoms with van der Waals surface area (Å²) in [5.41, 5.74) is 3.64. The molecule has 4 rings (SSSR count). The van der Waals surface area contributed by atoms with Crippen LogP contribution in [0.15, 0.2) is 66.7 Å². The van der Waals surface area contributed by atoms with Crippen LogP contribution in [0.4, 0.5) is 13.2 Å².